The van der Waals surface area contributed by atoms with Crippen molar-refractivity contribution in [2.24, 2.45) is 0 Å². The minimum atomic E-state index is -0.555. The largest absolute Gasteiger partial charge is 0.439 e. The van der Waals surface area contributed by atoms with Crippen molar-refractivity contribution in [3.63, 3.8) is 0 Å². The number of imide groups is 1. The topological polar surface area (TPSA) is 72.6 Å². The van der Waals surface area contributed by atoms with Crippen LogP contribution in [0.1, 0.15) is 5.56 Å². The Balaban J connectivity index is 1.94. The molecular formula is C11H12N2O3. The number of nitrogens with two attached hydrogens (primary N) is 1. The first-order valence-electron chi connectivity index (χ1n) is 4.98. The SMILES string of the molecule is Nc1ccc(CCN2C(=O)COC2=O)cc1. The van der Waals surface area contributed by atoms with Crippen LogP contribution in [0.5, 0.6) is 0 Å². The van der Waals surface area contributed by atoms with Gasteiger partial charge in [-0.15, -0.1) is 0 Å². The molecule has 5 nitrogen and oxygen atoms in total. The van der Waals surface area contributed by atoms with Crippen LogP contribution in [-0.2, 0) is 16.0 Å². The van der Waals surface area contributed by atoms with Gasteiger partial charge in [-0.05, 0) is 24.1 Å². The summed E-state index contributed by atoms with van der Waals surface area (Å²) in [6.07, 6.45) is 0.0571. The molecule has 0 saturated carbocycles. The van der Waals surface area contributed by atoms with Crippen LogP contribution in [0.15, 0.2) is 24.3 Å². The van der Waals surface area contributed by atoms with E-state index in [-0.39, 0.29) is 12.5 Å². The summed E-state index contributed by atoms with van der Waals surface area (Å²) in [6, 6.07) is 7.33. The van der Waals surface area contributed by atoms with Gasteiger partial charge >= 0.3 is 6.09 Å². The highest BCUT2D eigenvalue weighted by atomic mass is 16.6. The first-order valence-corrected chi connectivity index (χ1v) is 4.98. The number of benzene rings is 1. The molecule has 0 bridgehead atoms. The monoisotopic (exact) mass is 220 g/mol. The first kappa shape index (κ1) is 10.5. The van der Waals surface area contributed by atoms with Crippen LogP contribution in [-0.4, -0.2) is 30.1 Å². The lowest BCUT2D eigenvalue weighted by Crippen LogP contribution is -2.31. The fourth-order valence-electron chi connectivity index (χ4n) is 1.52. The number of nitrogen functional groups attached to an aromatic ring is 1. The zero-order chi connectivity index (χ0) is 11.5. The van der Waals surface area contributed by atoms with Crippen molar-refractivity contribution in [3.05, 3.63) is 29.8 Å². The van der Waals surface area contributed by atoms with Crippen LogP contribution in [0.2, 0.25) is 0 Å². The third kappa shape index (κ3) is 2.13. The number of anilines is 1. The summed E-state index contributed by atoms with van der Waals surface area (Å²) < 4.78 is 4.60. The molecule has 0 radical (unpaired) electrons. The Bertz CT molecular complexity index is 398. The van der Waals surface area contributed by atoms with E-state index in [2.05, 4.69) is 4.74 Å². The molecule has 0 spiro atoms. The smallest absolute Gasteiger partial charge is 0.417 e. The molecule has 0 aliphatic carbocycles. The molecule has 84 valence electrons. The predicted octanol–water partition coefficient (Wildman–Crippen LogP) is 0.790. The van der Waals surface area contributed by atoms with Crippen molar-refractivity contribution >= 4 is 17.7 Å². The zero-order valence-corrected chi connectivity index (χ0v) is 8.68. The third-order valence-corrected chi connectivity index (χ3v) is 2.44. The minimum absolute atomic E-state index is 0.138. The maximum Gasteiger partial charge on any atom is 0.417 e. The zero-order valence-electron chi connectivity index (χ0n) is 8.68. The predicted molar refractivity (Wildman–Crippen MR) is 57.6 cm³/mol. The van der Waals surface area contributed by atoms with Gasteiger partial charge in [-0.1, -0.05) is 12.1 Å². The standard InChI is InChI=1S/C11H12N2O3/c12-9-3-1-8(2-4-9)5-6-13-10(14)7-16-11(13)15/h1-4H,5-7,12H2. The number of cyclic esters (lactones) is 1. The van der Waals surface area contributed by atoms with Gasteiger partial charge in [0.25, 0.3) is 5.91 Å². The molecule has 5 heteroatoms. The second-order valence-corrected chi connectivity index (χ2v) is 3.59. The van der Waals surface area contributed by atoms with Crippen LogP contribution >= 0.6 is 0 Å². The van der Waals surface area contributed by atoms with E-state index in [0.29, 0.717) is 18.7 Å². The van der Waals surface area contributed by atoms with Crippen LogP contribution in [0, 0.1) is 0 Å². The van der Waals surface area contributed by atoms with Crippen LogP contribution in [0.3, 0.4) is 0 Å². The van der Waals surface area contributed by atoms with Gasteiger partial charge in [-0.3, -0.25) is 4.79 Å². The summed E-state index contributed by atoms with van der Waals surface area (Å²) in [7, 11) is 0. The number of ether oxygens (including phenoxy) is 1. The number of hydrogen-bond acceptors (Lipinski definition) is 4. The molecule has 0 unspecified atom stereocenters. The molecule has 1 fully saturated rings. The average Bonchev–Trinajstić information content (AvgIpc) is 2.59. The summed E-state index contributed by atoms with van der Waals surface area (Å²) >= 11 is 0. The molecule has 16 heavy (non-hydrogen) atoms. The maximum atomic E-state index is 11.2. The summed E-state index contributed by atoms with van der Waals surface area (Å²) in [4.78, 5) is 23.5. The van der Waals surface area contributed by atoms with E-state index in [1.807, 2.05) is 12.1 Å². The van der Waals surface area contributed by atoms with Crippen LogP contribution in [0.4, 0.5) is 10.5 Å². The van der Waals surface area contributed by atoms with E-state index in [4.69, 9.17) is 5.73 Å². The van der Waals surface area contributed by atoms with Crippen LogP contribution in [0.25, 0.3) is 0 Å². The molecule has 1 saturated heterocycles. The molecule has 1 aromatic carbocycles. The summed E-state index contributed by atoms with van der Waals surface area (Å²) in [6.45, 7) is 0.210. The van der Waals surface area contributed by atoms with Crippen molar-refractivity contribution in [3.8, 4) is 0 Å². The Morgan fingerprint density at radius 1 is 1.25 bits per heavy atom. The van der Waals surface area contributed by atoms with Gasteiger partial charge in [0.1, 0.15) is 0 Å². The molecule has 1 heterocycles. The van der Waals surface area contributed by atoms with Crippen molar-refractivity contribution in [1.82, 2.24) is 4.90 Å². The highest BCUT2D eigenvalue weighted by molar-refractivity contribution is 5.97. The van der Waals surface area contributed by atoms with E-state index >= 15 is 0 Å². The molecule has 2 rings (SSSR count). The molecule has 1 aliphatic rings. The fraction of sp³-hybridized carbons (Fsp3) is 0.273. The number of rotatable bonds is 3. The number of nitrogens with zero attached hydrogens (tertiary/aromatic N) is 1. The molecule has 2 N–H and O–H groups in total. The maximum absolute atomic E-state index is 11.2. The molecule has 1 aliphatic heterocycles. The Morgan fingerprint density at radius 3 is 2.50 bits per heavy atom. The van der Waals surface area contributed by atoms with Gasteiger partial charge < -0.3 is 10.5 Å². The first-order chi connectivity index (χ1) is 7.66. The van der Waals surface area contributed by atoms with Crippen molar-refractivity contribution in [2.75, 3.05) is 18.9 Å². The van der Waals surface area contributed by atoms with Crippen molar-refractivity contribution in [2.45, 2.75) is 6.42 Å². The number of carbonyl (C=O) groups excluding carboxylic acids is 2. The van der Waals surface area contributed by atoms with Gasteiger partial charge in [0.15, 0.2) is 6.61 Å². The Hall–Kier alpha value is -2.04. The summed E-state index contributed by atoms with van der Waals surface area (Å²) in [5.41, 5.74) is 7.27. The fourth-order valence-corrected chi connectivity index (χ4v) is 1.52. The highest BCUT2D eigenvalue weighted by Crippen LogP contribution is 2.10. The Kier molecular flexibility index (Phi) is 2.76. The van der Waals surface area contributed by atoms with Gasteiger partial charge in [0.2, 0.25) is 0 Å². The second kappa shape index (κ2) is 4.22. The second-order valence-electron chi connectivity index (χ2n) is 3.59. The highest BCUT2D eigenvalue weighted by Gasteiger charge is 2.30. The Labute approximate surface area is 92.8 Å². The van der Waals surface area contributed by atoms with Crippen molar-refractivity contribution in [1.29, 1.82) is 0 Å². The normalized spacial score (nSPS) is 15.4. The molecule has 2 amide bonds. The van der Waals surface area contributed by atoms with Crippen LogP contribution < -0.4 is 5.73 Å². The van der Waals surface area contributed by atoms with E-state index < -0.39 is 6.09 Å². The lowest BCUT2D eigenvalue weighted by Gasteiger charge is -2.10. The molecule has 0 aromatic heterocycles. The van der Waals surface area contributed by atoms with E-state index in [0.717, 1.165) is 10.5 Å². The molecule has 1 aromatic rings. The minimum Gasteiger partial charge on any atom is -0.439 e. The summed E-state index contributed by atoms with van der Waals surface area (Å²) in [5.74, 6) is -0.277. The van der Waals surface area contributed by atoms with E-state index in [9.17, 15) is 9.59 Å². The van der Waals surface area contributed by atoms with Crippen molar-refractivity contribution < 1.29 is 14.3 Å². The van der Waals surface area contributed by atoms with Gasteiger partial charge in [0, 0.05) is 12.2 Å². The van der Waals surface area contributed by atoms with Gasteiger partial charge in [-0.2, -0.15) is 0 Å². The van der Waals surface area contributed by atoms with E-state index in [1.54, 1.807) is 12.1 Å². The Morgan fingerprint density at radius 2 is 1.94 bits per heavy atom. The average molecular weight is 220 g/mol. The number of carbonyl (C=O) groups is 2. The molecule has 0 atom stereocenters. The van der Waals surface area contributed by atoms with Gasteiger partial charge in [0.05, 0.1) is 0 Å². The molecular weight excluding hydrogens is 208 g/mol. The summed E-state index contributed by atoms with van der Waals surface area (Å²) in [5, 5.41) is 0. The number of hydrogen-bond donors (Lipinski definition) is 1. The quantitative estimate of drug-likeness (QED) is 0.764. The van der Waals surface area contributed by atoms with E-state index in [1.165, 1.54) is 0 Å². The lowest BCUT2D eigenvalue weighted by molar-refractivity contribution is -0.125. The lowest BCUT2D eigenvalue weighted by atomic mass is 10.1. The third-order valence-electron chi connectivity index (χ3n) is 2.44. The van der Waals surface area contributed by atoms with Gasteiger partial charge in [-0.25, -0.2) is 9.69 Å². The number of amides is 2.